The second-order valence-corrected chi connectivity index (χ2v) is 9.79. The molecule has 0 spiro atoms. The topological polar surface area (TPSA) is 23.8 Å². The van der Waals surface area contributed by atoms with Gasteiger partial charge in [0.05, 0.1) is 11.5 Å². The largest absolute Gasteiger partial charge is 0.198 e. The van der Waals surface area contributed by atoms with Gasteiger partial charge in [-0.3, -0.25) is 0 Å². The summed E-state index contributed by atoms with van der Waals surface area (Å²) >= 11 is 0. The van der Waals surface area contributed by atoms with Crippen LogP contribution in [0, 0.1) is 46.3 Å². The van der Waals surface area contributed by atoms with Gasteiger partial charge >= 0.3 is 0 Å². The minimum Gasteiger partial charge on any atom is -0.198 e. The second kappa shape index (κ2) is 8.25. The van der Waals surface area contributed by atoms with Gasteiger partial charge in [-0.2, -0.15) is 5.26 Å². The van der Waals surface area contributed by atoms with Crippen molar-refractivity contribution < 1.29 is 0 Å². The van der Waals surface area contributed by atoms with Crippen molar-refractivity contribution in [3.8, 4) is 6.07 Å². The Morgan fingerprint density at radius 2 is 1.54 bits per heavy atom. The summed E-state index contributed by atoms with van der Waals surface area (Å²) in [5.74, 6) is 4.93. The van der Waals surface area contributed by atoms with E-state index < -0.39 is 0 Å². The summed E-state index contributed by atoms with van der Waals surface area (Å²) in [6.45, 7) is 4.52. The molecule has 24 heavy (non-hydrogen) atoms. The molecular formula is C23H39N. The molecule has 0 radical (unpaired) electrons. The molecule has 4 unspecified atom stereocenters. The molecule has 0 N–H and O–H groups in total. The Labute approximate surface area is 150 Å². The lowest BCUT2D eigenvalue weighted by Crippen LogP contribution is -2.37. The summed E-state index contributed by atoms with van der Waals surface area (Å²) in [4.78, 5) is 0. The van der Waals surface area contributed by atoms with Gasteiger partial charge < -0.3 is 0 Å². The van der Waals surface area contributed by atoms with Crippen molar-refractivity contribution >= 4 is 0 Å². The number of fused-ring (bicyclic) bond motifs is 1. The van der Waals surface area contributed by atoms with Crippen molar-refractivity contribution in [1.29, 1.82) is 5.26 Å². The quantitative estimate of drug-likeness (QED) is 0.492. The summed E-state index contributed by atoms with van der Waals surface area (Å²) in [6, 6.07) is 2.61. The molecule has 3 aliphatic rings. The maximum absolute atomic E-state index is 9.45. The summed E-state index contributed by atoms with van der Waals surface area (Å²) in [7, 11) is 0. The molecule has 3 fully saturated rings. The van der Waals surface area contributed by atoms with E-state index in [9.17, 15) is 5.26 Å². The highest BCUT2D eigenvalue weighted by Crippen LogP contribution is 2.52. The number of hydrogen-bond acceptors (Lipinski definition) is 1. The van der Waals surface area contributed by atoms with E-state index in [1.54, 1.807) is 0 Å². The molecule has 4 atom stereocenters. The minimum atomic E-state index is -0.00937. The highest BCUT2D eigenvalue weighted by Gasteiger charge is 2.42. The van der Waals surface area contributed by atoms with Gasteiger partial charge in [-0.25, -0.2) is 0 Å². The second-order valence-electron chi connectivity index (χ2n) is 9.79. The van der Waals surface area contributed by atoms with Gasteiger partial charge in [-0.05, 0) is 87.9 Å². The average Bonchev–Trinajstić information content (AvgIpc) is 2.62. The fourth-order valence-corrected chi connectivity index (χ4v) is 6.33. The first-order chi connectivity index (χ1) is 11.6. The number of nitrogens with zero attached hydrogens (tertiary/aromatic N) is 1. The van der Waals surface area contributed by atoms with Gasteiger partial charge in [0.25, 0.3) is 0 Å². The lowest BCUT2D eigenvalue weighted by molar-refractivity contribution is 0.0467. The molecule has 0 aliphatic heterocycles. The third-order valence-corrected chi connectivity index (χ3v) is 8.00. The minimum absolute atomic E-state index is 0.00937. The maximum Gasteiger partial charge on any atom is 0.0686 e. The van der Waals surface area contributed by atoms with Crippen LogP contribution < -0.4 is 0 Å². The van der Waals surface area contributed by atoms with Crippen LogP contribution in [0.2, 0.25) is 0 Å². The van der Waals surface area contributed by atoms with Crippen LogP contribution in [-0.2, 0) is 0 Å². The Balaban J connectivity index is 1.43. The van der Waals surface area contributed by atoms with E-state index in [-0.39, 0.29) is 5.41 Å². The van der Waals surface area contributed by atoms with Crippen LogP contribution in [0.5, 0.6) is 0 Å². The van der Waals surface area contributed by atoms with Crippen molar-refractivity contribution in [2.24, 2.45) is 35.0 Å². The van der Waals surface area contributed by atoms with Crippen LogP contribution in [0.1, 0.15) is 104 Å². The molecule has 0 aromatic rings. The first kappa shape index (κ1) is 18.3. The molecule has 0 saturated heterocycles. The predicted octanol–water partition coefficient (Wildman–Crippen LogP) is 7.12. The standard InChI is InChI=1S/C23H39N/c1-3-4-5-6-18-7-9-19(10-8-18)20-11-12-22-16-23(2,17-24)14-13-21(22)15-20/h18-22H,3-16H2,1-2H3. The van der Waals surface area contributed by atoms with Gasteiger partial charge in [0, 0.05) is 0 Å². The highest BCUT2D eigenvalue weighted by molar-refractivity contribution is 5.02. The molecule has 0 amide bonds. The summed E-state index contributed by atoms with van der Waals surface area (Å²) in [6.07, 6.45) is 19.9. The van der Waals surface area contributed by atoms with E-state index in [0.29, 0.717) is 0 Å². The first-order valence-corrected chi connectivity index (χ1v) is 11.0. The Hall–Kier alpha value is -0.510. The highest BCUT2D eigenvalue weighted by atomic mass is 14.5. The zero-order chi connectivity index (χ0) is 17.0. The first-order valence-electron chi connectivity index (χ1n) is 11.0. The number of hydrogen-bond donors (Lipinski definition) is 0. The Morgan fingerprint density at radius 3 is 2.25 bits per heavy atom. The monoisotopic (exact) mass is 329 g/mol. The fraction of sp³-hybridized carbons (Fsp3) is 0.957. The molecule has 0 bridgehead atoms. The lowest BCUT2D eigenvalue weighted by atomic mass is 9.58. The predicted molar refractivity (Wildman–Crippen MR) is 101 cm³/mol. The Morgan fingerprint density at radius 1 is 0.875 bits per heavy atom. The molecule has 0 aromatic carbocycles. The lowest BCUT2D eigenvalue weighted by Gasteiger charge is -2.46. The van der Waals surface area contributed by atoms with E-state index in [0.717, 1.165) is 36.0 Å². The zero-order valence-corrected chi connectivity index (χ0v) is 16.2. The maximum atomic E-state index is 9.45. The van der Waals surface area contributed by atoms with E-state index in [1.807, 2.05) is 0 Å². The molecule has 3 saturated carbocycles. The van der Waals surface area contributed by atoms with E-state index in [1.165, 1.54) is 83.5 Å². The van der Waals surface area contributed by atoms with E-state index in [2.05, 4.69) is 19.9 Å². The molecule has 0 aromatic heterocycles. The summed E-state index contributed by atoms with van der Waals surface area (Å²) < 4.78 is 0. The van der Waals surface area contributed by atoms with Crippen molar-refractivity contribution in [1.82, 2.24) is 0 Å². The number of rotatable bonds is 5. The SMILES string of the molecule is CCCCCC1CCC(C2CCC3CC(C)(C#N)CCC3C2)CC1. The fourth-order valence-electron chi connectivity index (χ4n) is 6.33. The van der Waals surface area contributed by atoms with Crippen molar-refractivity contribution in [3.63, 3.8) is 0 Å². The van der Waals surface area contributed by atoms with Gasteiger partial charge in [-0.1, -0.05) is 45.4 Å². The zero-order valence-electron chi connectivity index (χ0n) is 16.2. The third-order valence-electron chi connectivity index (χ3n) is 8.00. The van der Waals surface area contributed by atoms with Gasteiger partial charge in [0.15, 0.2) is 0 Å². The number of unbranched alkanes of at least 4 members (excludes halogenated alkanes) is 2. The third kappa shape index (κ3) is 4.36. The molecule has 136 valence electrons. The van der Waals surface area contributed by atoms with Crippen LogP contribution in [-0.4, -0.2) is 0 Å². The molecule has 1 heteroatoms. The number of nitriles is 1. The van der Waals surface area contributed by atoms with Gasteiger partial charge in [0.2, 0.25) is 0 Å². The summed E-state index contributed by atoms with van der Waals surface area (Å²) in [5, 5.41) is 9.45. The Bertz CT molecular complexity index is 428. The van der Waals surface area contributed by atoms with Crippen LogP contribution in [0.4, 0.5) is 0 Å². The normalized spacial score (nSPS) is 43.0. The van der Waals surface area contributed by atoms with Gasteiger partial charge in [-0.15, -0.1) is 0 Å². The van der Waals surface area contributed by atoms with E-state index in [4.69, 9.17) is 0 Å². The molecule has 0 heterocycles. The van der Waals surface area contributed by atoms with Crippen molar-refractivity contribution in [2.45, 2.75) is 104 Å². The van der Waals surface area contributed by atoms with Crippen LogP contribution in [0.3, 0.4) is 0 Å². The summed E-state index contributed by atoms with van der Waals surface area (Å²) in [5.41, 5.74) is -0.00937. The smallest absolute Gasteiger partial charge is 0.0686 e. The van der Waals surface area contributed by atoms with Crippen molar-refractivity contribution in [3.05, 3.63) is 0 Å². The molecule has 1 nitrogen and oxygen atoms in total. The van der Waals surface area contributed by atoms with Crippen LogP contribution in [0.25, 0.3) is 0 Å². The van der Waals surface area contributed by atoms with Gasteiger partial charge in [0.1, 0.15) is 0 Å². The molecule has 3 rings (SSSR count). The molecule has 3 aliphatic carbocycles. The average molecular weight is 330 g/mol. The van der Waals surface area contributed by atoms with Crippen LogP contribution >= 0.6 is 0 Å². The van der Waals surface area contributed by atoms with Crippen molar-refractivity contribution in [2.75, 3.05) is 0 Å². The van der Waals surface area contributed by atoms with Crippen LogP contribution in [0.15, 0.2) is 0 Å². The molecular weight excluding hydrogens is 290 g/mol. The van der Waals surface area contributed by atoms with E-state index >= 15 is 0 Å². The Kier molecular flexibility index (Phi) is 6.28.